The Bertz CT molecular complexity index is 497. The smallest absolute Gasteiger partial charge is 0.666 e. The number of hydrogen-bond donors (Lipinski definition) is 0. The second kappa shape index (κ2) is 7.40. The molecule has 0 bridgehead atoms. The van der Waals surface area contributed by atoms with Crippen molar-refractivity contribution in [1.82, 2.24) is 4.90 Å². The molecule has 0 aliphatic heterocycles. The maximum atomic E-state index is 4.85. The SMILES string of the molecule is Cc1ccccc1[N-]C(c1ccccc1)N(C)C.[Li+]. The molecule has 0 spiro atoms. The van der Waals surface area contributed by atoms with Crippen molar-refractivity contribution in [2.45, 2.75) is 13.1 Å². The number of nitrogens with zero attached hydrogens (tertiary/aromatic N) is 2. The van der Waals surface area contributed by atoms with Crippen LogP contribution in [0.2, 0.25) is 0 Å². The van der Waals surface area contributed by atoms with Crippen LogP contribution in [0.4, 0.5) is 5.69 Å². The minimum Gasteiger partial charge on any atom is -0.666 e. The van der Waals surface area contributed by atoms with Crippen LogP contribution in [-0.2, 0) is 0 Å². The second-order valence-corrected chi connectivity index (χ2v) is 4.66. The molecule has 1 unspecified atom stereocenters. The first-order valence-corrected chi connectivity index (χ1v) is 6.16. The summed E-state index contributed by atoms with van der Waals surface area (Å²) < 4.78 is 0. The molecule has 0 N–H and O–H groups in total. The molecule has 94 valence electrons. The van der Waals surface area contributed by atoms with Gasteiger partial charge in [-0.05, 0) is 32.7 Å². The van der Waals surface area contributed by atoms with Crippen LogP contribution >= 0.6 is 0 Å². The van der Waals surface area contributed by atoms with Crippen molar-refractivity contribution < 1.29 is 18.9 Å². The summed E-state index contributed by atoms with van der Waals surface area (Å²) in [6.07, 6.45) is 0.0623. The summed E-state index contributed by atoms with van der Waals surface area (Å²) >= 11 is 0. The van der Waals surface area contributed by atoms with Gasteiger partial charge < -0.3 is 10.2 Å². The van der Waals surface area contributed by atoms with Gasteiger partial charge in [-0.1, -0.05) is 60.2 Å². The molecule has 0 saturated carbocycles. The van der Waals surface area contributed by atoms with Crippen molar-refractivity contribution in [3.05, 3.63) is 71.0 Å². The molecular formula is C16H19LiN2. The van der Waals surface area contributed by atoms with Crippen molar-refractivity contribution in [1.29, 1.82) is 0 Å². The van der Waals surface area contributed by atoms with Gasteiger partial charge in [0.1, 0.15) is 0 Å². The van der Waals surface area contributed by atoms with E-state index < -0.39 is 0 Å². The van der Waals surface area contributed by atoms with Gasteiger partial charge in [-0.15, -0.1) is 5.69 Å². The molecule has 2 aromatic rings. The summed E-state index contributed by atoms with van der Waals surface area (Å²) in [4.78, 5) is 2.13. The molecule has 0 aromatic heterocycles. The van der Waals surface area contributed by atoms with Crippen LogP contribution in [-0.4, -0.2) is 19.0 Å². The van der Waals surface area contributed by atoms with Crippen LogP contribution < -0.4 is 18.9 Å². The third kappa shape index (κ3) is 4.14. The van der Waals surface area contributed by atoms with Crippen LogP contribution in [0.15, 0.2) is 54.6 Å². The fraction of sp³-hybridized carbons (Fsp3) is 0.250. The summed E-state index contributed by atoms with van der Waals surface area (Å²) in [7, 11) is 4.11. The molecule has 0 heterocycles. The molecule has 0 aliphatic carbocycles. The zero-order valence-electron chi connectivity index (χ0n) is 12.2. The predicted molar refractivity (Wildman–Crippen MR) is 77.1 cm³/mol. The first kappa shape index (κ1) is 15.9. The van der Waals surface area contributed by atoms with E-state index in [1.54, 1.807) is 0 Å². The van der Waals surface area contributed by atoms with Crippen molar-refractivity contribution in [3.8, 4) is 0 Å². The van der Waals surface area contributed by atoms with E-state index in [9.17, 15) is 0 Å². The van der Waals surface area contributed by atoms with Crippen LogP contribution in [0.25, 0.3) is 5.32 Å². The molecule has 2 rings (SSSR count). The van der Waals surface area contributed by atoms with Crippen molar-refractivity contribution >= 4 is 5.69 Å². The Balaban J connectivity index is 0.00000180. The van der Waals surface area contributed by atoms with Gasteiger partial charge in [-0.25, -0.2) is 0 Å². The van der Waals surface area contributed by atoms with Gasteiger partial charge in [0.05, 0.1) is 0 Å². The zero-order chi connectivity index (χ0) is 13.0. The Morgan fingerprint density at radius 3 is 2.05 bits per heavy atom. The Labute approximate surface area is 128 Å². The Hall–Kier alpha value is -1.20. The maximum Gasteiger partial charge on any atom is 1.00 e. The van der Waals surface area contributed by atoms with E-state index in [1.807, 2.05) is 18.2 Å². The third-order valence-corrected chi connectivity index (χ3v) is 2.96. The normalized spacial score (nSPS) is 11.8. The molecule has 0 aliphatic rings. The van der Waals surface area contributed by atoms with E-state index in [0.717, 1.165) is 5.69 Å². The van der Waals surface area contributed by atoms with Gasteiger partial charge in [0.2, 0.25) is 0 Å². The topological polar surface area (TPSA) is 17.3 Å². The van der Waals surface area contributed by atoms with E-state index >= 15 is 0 Å². The second-order valence-electron chi connectivity index (χ2n) is 4.66. The number of rotatable bonds is 4. The quantitative estimate of drug-likeness (QED) is 0.743. The monoisotopic (exact) mass is 246 g/mol. The average molecular weight is 246 g/mol. The van der Waals surface area contributed by atoms with E-state index in [2.05, 4.69) is 62.3 Å². The molecule has 2 aromatic carbocycles. The van der Waals surface area contributed by atoms with Gasteiger partial charge in [0.15, 0.2) is 0 Å². The van der Waals surface area contributed by atoms with E-state index in [-0.39, 0.29) is 25.0 Å². The van der Waals surface area contributed by atoms with Crippen LogP contribution in [0.5, 0.6) is 0 Å². The molecule has 1 atom stereocenters. The van der Waals surface area contributed by atoms with E-state index in [1.165, 1.54) is 11.1 Å². The number of hydrogen-bond acceptors (Lipinski definition) is 1. The summed E-state index contributed by atoms with van der Waals surface area (Å²) in [5, 5.41) is 4.85. The van der Waals surface area contributed by atoms with Crippen LogP contribution in [0.3, 0.4) is 0 Å². The van der Waals surface area contributed by atoms with Crippen molar-refractivity contribution in [2.75, 3.05) is 14.1 Å². The summed E-state index contributed by atoms with van der Waals surface area (Å²) in [6.45, 7) is 2.09. The largest absolute Gasteiger partial charge is 1.00 e. The molecule has 3 heteroatoms. The fourth-order valence-corrected chi connectivity index (χ4v) is 1.95. The van der Waals surface area contributed by atoms with Gasteiger partial charge in [-0.2, -0.15) is 0 Å². The van der Waals surface area contributed by atoms with Crippen molar-refractivity contribution in [3.63, 3.8) is 0 Å². The Morgan fingerprint density at radius 1 is 0.895 bits per heavy atom. The first-order valence-electron chi connectivity index (χ1n) is 6.16. The van der Waals surface area contributed by atoms with Crippen molar-refractivity contribution in [2.24, 2.45) is 0 Å². The summed E-state index contributed by atoms with van der Waals surface area (Å²) in [6, 6.07) is 18.6. The van der Waals surface area contributed by atoms with E-state index in [4.69, 9.17) is 5.32 Å². The van der Waals surface area contributed by atoms with Gasteiger partial charge in [0.25, 0.3) is 0 Å². The molecular weight excluding hydrogens is 227 g/mol. The van der Waals surface area contributed by atoms with E-state index in [0.29, 0.717) is 0 Å². The average Bonchev–Trinajstić information content (AvgIpc) is 2.38. The van der Waals surface area contributed by atoms with Crippen LogP contribution in [0, 0.1) is 6.92 Å². The number of para-hydroxylation sites is 1. The minimum atomic E-state index is 0. The Kier molecular flexibility index (Phi) is 6.18. The molecule has 0 radical (unpaired) electrons. The first-order chi connectivity index (χ1) is 8.68. The molecule has 0 amide bonds. The van der Waals surface area contributed by atoms with Gasteiger partial charge in [0, 0.05) is 0 Å². The fourth-order valence-electron chi connectivity index (χ4n) is 1.95. The minimum absolute atomic E-state index is 0. The summed E-state index contributed by atoms with van der Waals surface area (Å²) in [5.74, 6) is 0. The number of benzene rings is 2. The standard InChI is InChI=1S/C16H19N2.Li/c1-13-9-7-8-12-15(13)17-16(18(2)3)14-10-5-4-6-11-14;/h4-12,16H,1-3H3;/q-1;+1. The predicted octanol–water partition coefficient (Wildman–Crippen LogP) is 1.26. The maximum absolute atomic E-state index is 4.85. The molecule has 19 heavy (non-hydrogen) atoms. The third-order valence-electron chi connectivity index (χ3n) is 2.96. The Morgan fingerprint density at radius 2 is 1.47 bits per heavy atom. The number of aryl methyl sites for hydroxylation is 1. The van der Waals surface area contributed by atoms with Gasteiger partial charge in [-0.3, -0.25) is 0 Å². The van der Waals surface area contributed by atoms with Crippen LogP contribution in [0.1, 0.15) is 17.3 Å². The molecule has 2 nitrogen and oxygen atoms in total. The summed E-state index contributed by atoms with van der Waals surface area (Å²) in [5.41, 5.74) is 3.48. The molecule has 0 saturated heterocycles. The zero-order valence-corrected chi connectivity index (χ0v) is 12.2. The molecule has 0 fully saturated rings. The van der Waals surface area contributed by atoms with Gasteiger partial charge >= 0.3 is 18.9 Å².